The summed E-state index contributed by atoms with van der Waals surface area (Å²) >= 11 is 0. The Bertz CT molecular complexity index is 810. The fourth-order valence-electron chi connectivity index (χ4n) is 3.19. The minimum Gasteiger partial charge on any atom is -0.339 e. The molecule has 140 valence electrons. The zero-order chi connectivity index (χ0) is 19.2. The molecule has 0 aromatic heterocycles. The van der Waals surface area contributed by atoms with Crippen LogP contribution in [-0.2, 0) is 9.59 Å². The van der Waals surface area contributed by atoms with Gasteiger partial charge in [-0.05, 0) is 49.2 Å². The molecule has 0 saturated carbocycles. The summed E-state index contributed by atoms with van der Waals surface area (Å²) in [6, 6.07) is 16.2. The van der Waals surface area contributed by atoms with Gasteiger partial charge in [0.15, 0.2) is 0 Å². The molecule has 0 bridgehead atoms. The first-order valence-electron chi connectivity index (χ1n) is 9.06. The molecule has 0 unspecified atom stereocenters. The lowest BCUT2D eigenvalue weighted by molar-refractivity contribution is -0.121. The molecule has 0 spiro atoms. The van der Waals surface area contributed by atoms with Crippen molar-refractivity contribution in [3.8, 4) is 0 Å². The number of carbonyl (C=O) groups excluding carboxylic acids is 3. The Labute approximate surface area is 158 Å². The van der Waals surface area contributed by atoms with E-state index >= 15 is 0 Å². The Kier molecular flexibility index (Phi) is 5.86. The number of rotatable bonds is 4. The molecule has 0 radical (unpaired) electrons. The van der Waals surface area contributed by atoms with Crippen LogP contribution in [0, 0.1) is 5.92 Å². The summed E-state index contributed by atoms with van der Waals surface area (Å²) in [4.78, 5) is 37.8. The lowest BCUT2D eigenvalue weighted by Gasteiger charge is -2.31. The minimum atomic E-state index is -0.136. The van der Waals surface area contributed by atoms with Gasteiger partial charge in [-0.1, -0.05) is 18.2 Å². The van der Waals surface area contributed by atoms with Crippen molar-refractivity contribution in [1.29, 1.82) is 0 Å². The van der Waals surface area contributed by atoms with Gasteiger partial charge in [-0.15, -0.1) is 0 Å². The lowest BCUT2D eigenvalue weighted by Crippen LogP contribution is -2.41. The number of benzene rings is 2. The zero-order valence-corrected chi connectivity index (χ0v) is 15.3. The molecule has 0 atom stereocenters. The summed E-state index contributed by atoms with van der Waals surface area (Å²) in [6.45, 7) is 2.60. The molecule has 1 aliphatic heterocycles. The van der Waals surface area contributed by atoms with Gasteiger partial charge in [0.2, 0.25) is 11.8 Å². The second-order valence-corrected chi connectivity index (χ2v) is 6.68. The number of likely N-dealkylation sites (tertiary alicyclic amines) is 1. The van der Waals surface area contributed by atoms with Gasteiger partial charge in [-0.25, -0.2) is 0 Å². The molecule has 2 N–H and O–H groups in total. The van der Waals surface area contributed by atoms with Crippen molar-refractivity contribution < 1.29 is 14.4 Å². The van der Waals surface area contributed by atoms with E-state index in [4.69, 9.17) is 0 Å². The molecular weight excluding hydrogens is 342 g/mol. The van der Waals surface area contributed by atoms with Crippen LogP contribution >= 0.6 is 0 Å². The van der Waals surface area contributed by atoms with Gasteiger partial charge in [0.1, 0.15) is 0 Å². The van der Waals surface area contributed by atoms with E-state index in [9.17, 15) is 14.4 Å². The van der Waals surface area contributed by atoms with Crippen LogP contribution in [0.15, 0.2) is 54.6 Å². The number of carbonyl (C=O) groups is 3. The van der Waals surface area contributed by atoms with Gasteiger partial charge in [-0.2, -0.15) is 0 Å². The quantitative estimate of drug-likeness (QED) is 0.874. The van der Waals surface area contributed by atoms with E-state index < -0.39 is 0 Å². The number of anilines is 2. The van der Waals surface area contributed by atoms with Crippen LogP contribution in [-0.4, -0.2) is 35.7 Å². The number of hydrogen-bond donors (Lipinski definition) is 2. The third kappa shape index (κ3) is 4.94. The van der Waals surface area contributed by atoms with Crippen LogP contribution in [0.2, 0.25) is 0 Å². The summed E-state index contributed by atoms with van der Waals surface area (Å²) < 4.78 is 0. The normalized spacial score (nSPS) is 14.5. The maximum atomic E-state index is 12.5. The first kappa shape index (κ1) is 18.6. The maximum Gasteiger partial charge on any atom is 0.253 e. The third-order valence-electron chi connectivity index (χ3n) is 4.65. The first-order chi connectivity index (χ1) is 13.0. The average molecular weight is 365 g/mol. The Balaban J connectivity index is 1.51. The van der Waals surface area contributed by atoms with E-state index in [-0.39, 0.29) is 23.6 Å². The SMILES string of the molecule is CC(=O)Nc1ccc(NC(=O)C2CCN(C(=O)c3ccccc3)CC2)cc1. The molecule has 1 saturated heterocycles. The van der Waals surface area contributed by atoms with E-state index in [1.165, 1.54) is 6.92 Å². The molecule has 1 aliphatic rings. The monoisotopic (exact) mass is 365 g/mol. The summed E-state index contributed by atoms with van der Waals surface area (Å²) in [5.41, 5.74) is 2.06. The molecule has 6 heteroatoms. The van der Waals surface area contributed by atoms with Gasteiger partial charge in [-0.3, -0.25) is 14.4 Å². The van der Waals surface area contributed by atoms with Crippen LogP contribution in [0.3, 0.4) is 0 Å². The third-order valence-corrected chi connectivity index (χ3v) is 4.65. The van der Waals surface area contributed by atoms with E-state index in [0.29, 0.717) is 42.9 Å². The minimum absolute atomic E-state index is 0.0167. The van der Waals surface area contributed by atoms with E-state index in [1.54, 1.807) is 29.2 Å². The van der Waals surface area contributed by atoms with Crippen molar-refractivity contribution in [2.24, 2.45) is 5.92 Å². The highest BCUT2D eigenvalue weighted by atomic mass is 16.2. The molecule has 2 aromatic carbocycles. The summed E-state index contributed by atoms with van der Waals surface area (Å²) in [6.07, 6.45) is 1.29. The number of nitrogens with zero attached hydrogens (tertiary/aromatic N) is 1. The topological polar surface area (TPSA) is 78.5 Å². The van der Waals surface area contributed by atoms with Crippen molar-refractivity contribution in [2.45, 2.75) is 19.8 Å². The molecule has 2 aromatic rings. The standard InChI is InChI=1S/C21H23N3O3/c1-15(25)22-18-7-9-19(10-8-18)23-20(26)16-11-13-24(14-12-16)21(27)17-5-3-2-4-6-17/h2-10,16H,11-14H2,1H3,(H,22,25)(H,23,26). The predicted octanol–water partition coefficient (Wildman–Crippen LogP) is 3.14. The summed E-state index contributed by atoms with van der Waals surface area (Å²) in [5.74, 6) is -0.263. The Morgan fingerprint density at radius 2 is 1.41 bits per heavy atom. The highest BCUT2D eigenvalue weighted by Crippen LogP contribution is 2.21. The Morgan fingerprint density at radius 1 is 0.852 bits per heavy atom. The van der Waals surface area contributed by atoms with Crippen LogP contribution in [0.5, 0.6) is 0 Å². The van der Waals surface area contributed by atoms with Crippen LogP contribution in [0.1, 0.15) is 30.1 Å². The summed E-state index contributed by atoms with van der Waals surface area (Å²) in [5, 5.41) is 5.60. The molecule has 0 aliphatic carbocycles. The van der Waals surface area contributed by atoms with Crippen molar-refractivity contribution in [3.05, 3.63) is 60.2 Å². The highest BCUT2D eigenvalue weighted by molar-refractivity contribution is 5.95. The average Bonchev–Trinajstić information content (AvgIpc) is 2.69. The fourth-order valence-corrected chi connectivity index (χ4v) is 3.19. The molecule has 1 fully saturated rings. The highest BCUT2D eigenvalue weighted by Gasteiger charge is 2.27. The van der Waals surface area contributed by atoms with E-state index in [0.717, 1.165) is 0 Å². The smallest absolute Gasteiger partial charge is 0.253 e. The number of nitrogens with one attached hydrogen (secondary N) is 2. The second kappa shape index (κ2) is 8.49. The molecule has 3 rings (SSSR count). The van der Waals surface area contributed by atoms with Crippen LogP contribution in [0.25, 0.3) is 0 Å². The van der Waals surface area contributed by atoms with Gasteiger partial charge in [0.05, 0.1) is 0 Å². The van der Waals surface area contributed by atoms with Crippen molar-refractivity contribution in [2.75, 3.05) is 23.7 Å². The van der Waals surface area contributed by atoms with Crippen molar-refractivity contribution >= 4 is 29.1 Å². The van der Waals surface area contributed by atoms with E-state index in [2.05, 4.69) is 10.6 Å². The molecule has 27 heavy (non-hydrogen) atoms. The Morgan fingerprint density at radius 3 is 1.96 bits per heavy atom. The van der Waals surface area contributed by atoms with E-state index in [1.807, 2.05) is 30.3 Å². The maximum absolute atomic E-state index is 12.5. The Hall–Kier alpha value is -3.15. The van der Waals surface area contributed by atoms with Gasteiger partial charge in [0, 0.05) is 42.9 Å². The predicted molar refractivity (Wildman–Crippen MR) is 104 cm³/mol. The number of amides is 3. The zero-order valence-electron chi connectivity index (χ0n) is 15.3. The molecular formula is C21H23N3O3. The van der Waals surface area contributed by atoms with Crippen molar-refractivity contribution in [3.63, 3.8) is 0 Å². The molecule has 6 nitrogen and oxygen atoms in total. The fraction of sp³-hybridized carbons (Fsp3) is 0.286. The van der Waals surface area contributed by atoms with Crippen LogP contribution in [0.4, 0.5) is 11.4 Å². The second-order valence-electron chi connectivity index (χ2n) is 6.68. The molecule has 1 heterocycles. The van der Waals surface area contributed by atoms with Crippen LogP contribution < -0.4 is 10.6 Å². The van der Waals surface area contributed by atoms with Crippen molar-refractivity contribution in [1.82, 2.24) is 4.90 Å². The van der Waals surface area contributed by atoms with Gasteiger partial charge in [0.25, 0.3) is 5.91 Å². The summed E-state index contributed by atoms with van der Waals surface area (Å²) in [7, 11) is 0. The molecule has 3 amide bonds. The number of hydrogen-bond acceptors (Lipinski definition) is 3. The van der Waals surface area contributed by atoms with Gasteiger partial charge >= 0.3 is 0 Å². The first-order valence-corrected chi connectivity index (χ1v) is 9.06. The number of piperidine rings is 1. The largest absolute Gasteiger partial charge is 0.339 e. The lowest BCUT2D eigenvalue weighted by atomic mass is 9.95. The van der Waals surface area contributed by atoms with Gasteiger partial charge < -0.3 is 15.5 Å².